The molecule has 22 heavy (non-hydrogen) atoms. The van der Waals surface area contributed by atoms with Crippen LogP contribution in [0.1, 0.15) is 30.0 Å². The molecule has 0 aliphatic heterocycles. The van der Waals surface area contributed by atoms with E-state index in [4.69, 9.17) is 0 Å². The Morgan fingerprint density at radius 1 is 1.27 bits per heavy atom. The van der Waals surface area contributed by atoms with Gasteiger partial charge in [-0.05, 0) is 31.5 Å². The summed E-state index contributed by atoms with van der Waals surface area (Å²) in [4.78, 5) is 15.8. The van der Waals surface area contributed by atoms with Gasteiger partial charge in [0.25, 0.3) is 0 Å². The van der Waals surface area contributed by atoms with Crippen molar-refractivity contribution in [2.45, 2.75) is 27.2 Å². The molecule has 114 valence electrons. The van der Waals surface area contributed by atoms with Crippen LogP contribution in [-0.4, -0.2) is 24.0 Å². The van der Waals surface area contributed by atoms with E-state index in [0.29, 0.717) is 30.9 Å². The number of aromatic nitrogens is 1. The third-order valence-electron chi connectivity index (χ3n) is 3.43. The SMILES string of the molecule is CCC(=O)NCCNc1nc2c(C)cc(C)cc2cc1C#N. The summed E-state index contributed by atoms with van der Waals surface area (Å²) < 4.78 is 0. The second-order valence-electron chi connectivity index (χ2n) is 5.28. The Labute approximate surface area is 130 Å². The van der Waals surface area contributed by atoms with Crippen molar-refractivity contribution in [3.05, 3.63) is 34.9 Å². The van der Waals surface area contributed by atoms with Crippen LogP contribution in [0.5, 0.6) is 0 Å². The molecule has 0 saturated heterocycles. The van der Waals surface area contributed by atoms with Gasteiger partial charge in [-0.3, -0.25) is 4.79 Å². The van der Waals surface area contributed by atoms with Gasteiger partial charge in [0.05, 0.1) is 11.1 Å². The van der Waals surface area contributed by atoms with Crippen LogP contribution in [0.15, 0.2) is 18.2 Å². The number of aryl methyl sites for hydroxylation is 2. The first kappa shape index (κ1) is 15.8. The maximum atomic E-state index is 11.2. The highest BCUT2D eigenvalue weighted by Gasteiger charge is 2.08. The first-order valence-electron chi connectivity index (χ1n) is 7.37. The minimum absolute atomic E-state index is 0.0140. The van der Waals surface area contributed by atoms with Gasteiger partial charge in [0.1, 0.15) is 11.9 Å². The van der Waals surface area contributed by atoms with Crippen molar-refractivity contribution in [3.8, 4) is 6.07 Å². The van der Waals surface area contributed by atoms with E-state index in [-0.39, 0.29) is 5.91 Å². The lowest BCUT2D eigenvalue weighted by molar-refractivity contribution is -0.120. The molecule has 0 unspecified atom stereocenters. The molecule has 1 heterocycles. The minimum Gasteiger partial charge on any atom is -0.367 e. The smallest absolute Gasteiger partial charge is 0.219 e. The summed E-state index contributed by atoms with van der Waals surface area (Å²) in [5.41, 5.74) is 3.64. The predicted octanol–water partition coefficient (Wildman–Crippen LogP) is 2.66. The van der Waals surface area contributed by atoms with Gasteiger partial charge in [-0.2, -0.15) is 5.26 Å². The molecule has 1 aromatic carbocycles. The summed E-state index contributed by atoms with van der Waals surface area (Å²) >= 11 is 0. The maximum Gasteiger partial charge on any atom is 0.219 e. The van der Waals surface area contributed by atoms with Crippen LogP contribution < -0.4 is 10.6 Å². The summed E-state index contributed by atoms with van der Waals surface area (Å²) in [6.07, 6.45) is 0.468. The Balaban J connectivity index is 2.22. The van der Waals surface area contributed by atoms with Crippen molar-refractivity contribution >= 4 is 22.6 Å². The molecule has 0 atom stereocenters. The minimum atomic E-state index is 0.0140. The summed E-state index contributed by atoms with van der Waals surface area (Å²) in [6, 6.07) is 8.14. The molecule has 2 aromatic rings. The average Bonchev–Trinajstić information content (AvgIpc) is 2.50. The first-order chi connectivity index (χ1) is 10.5. The second kappa shape index (κ2) is 6.90. The van der Waals surface area contributed by atoms with E-state index in [9.17, 15) is 10.1 Å². The van der Waals surface area contributed by atoms with Gasteiger partial charge in [0, 0.05) is 24.9 Å². The molecule has 2 rings (SSSR count). The molecule has 5 heteroatoms. The number of hydrogen-bond donors (Lipinski definition) is 2. The Bertz CT molecular complexity index is 746. The third-order valence-corrected chi connectivity index (χ3v) is 3.43. The number of carbonyl (C=O) groups excluding carboxylic acids is 1. The number of pyridine rings is 1. The first-order valence-corrected chi connectivity index (χ1v) is 7.37. The van der Waals surface area contributed by atoms with Crippen LogP contribution in [0.4, 0.5) is 5.82 Å². The van der Waals surface area contributed by atoms with Gasteiger partial charge >= 0.3 is 0 Å². The Hall–Kier alpha value is -2.61. The summed E-state index contributed by atoms with van der Waals surface area (Å²) in [5, 5.41) is 16.2. The molecule has 1 amide bonds. The van der Waals surface area contributed by atoms with E-state index < -0.39 is 0 Å². The molecule has 0 bridgehead atoms. The van der Waals surface area contributed by atoms with E-state index in [0.717, 1.165) is 22.0 Å². The Kier molecular flexibility index (Phi) is 4.95. The largest absolute Gasteiger partial charge is 0.367 e. The van der Waals surface area contributed by atoms with Crippen LogP contribution in [0.3, 0.4) is 0 Å². The zero-order valence-corrected chi connectivity index (χ0v) is 13.2. The average molecular weight is 296 g/mol. The second-order valence-corrected chi connectivity index (χ2v) is 5.28. The van der Waals surface area contributed by atoms with Crippen LogP contribution >= 0.6 is 0 Å². The molecule has 0 radical (unpaired) electrons. The fraction of sp³-hybridized carbons (Fsp3) is 0.353. The van der Waals surface area contributed by atoms with E-state index in [1.807, 2.05) is 32.9 Å². The standard InChI is InChI=1S/C17H20N4O/c1-4-15(22)19-5-6-20-17-14(10-18)9-13-8-11(2)7-12(3)16(13)21-17/h7-9H,4-6H2,1-3H3,(H,19,22)(H,20,21). The van der Waals surface area contributed by atoms with E-state index >= 15 is 0 Å². The number of amides is 1. The van der Waals surface area contributed by atoms with E-state index in [2.05, 4.69) is 27.8 Å². The normalized spacial score (nSPS) is 10.3. The number of nitrogens with one attached hydrogen (secondary N) is 2. The monoisotopic (exact) mass is 296 g/mol. The van der Waals surface area contributed by atoms with Crippen LogP contribution in [0.25, 0.3) is 10.9 Å². The van der Waals surface area contributed by atoms with Crippen molar-refractivity contribution < 1.29 is 4.79 Å². The number of hydrogen-bond acceptors (Lipinski definition) is 4. The number of carbonyl (C=O) groups is 1. The van der Waals surface area contributed by atoms with Crippen molar-refractivity contribution in [2.75, 3.05) is 18.4 Å². The lowest BCUT2D eigenvalue weighted by Crippen LogP contribution is -2.28. The molecule has 0 aliphatic carbocycles. The van der Waals surface area contributed by atoms with Gasteiger partial charge in [-0.1, -0.05) is 18.6 Å². The summed E-state index contributed by atoms with van der Waals surface area (Å²) in [7, 11) is 0. The number of nitrogens with zero attached hydrogens (tertiary/aromatic N) is 2. The number of anilines is 1. The van der Waals surface area contributed by atoms with Crippen molar-refractivity contribution in [3.63, 3.8) is 0 Å². The van der Waals surface area contributed by atoms with E-state index in [1.165, 1.54) is 0 Å². The van der Waals surface area contributed by atoms with Gasteiger partial charge < -0.3 is 10.6 Å². The topological polar surface area (TPSA) is 77.8 Å². The fourth-order valence-electron chi connectivity index (χ4n) is 2.38. The quantitative estimate of drug-likeness (QED) is 0.832. The molecule has 0 spiro atoms. The number of benzene rings is 1. The van der Waals surface area contributed by atoms with Crippen molar-refractivity contribution in [1.82, 2.24) is 10.3 Å². The third kappa shape index (κ3) is 3.53. The van der Waals surface area contributed by atoms with Crippen molar-refractivity contribution in [1.29, 1.82) is 5.26 Å². The van der Waals surface area contributed by atoms with Gasteiger partial charge in [-0.15, -0.1) is 0 Å². The highest BCUT2D eigenvalue weighted by molar-refractivity contribution is 5.86. The molecular formula is C17H20N4O. The fourth-order valence-corrected chi connectivity index (χ4v) is 2.38. The molecule has 5 nitrogen and oxygen atoms in total. The van der Waals surface area contributed by atoms with Crippen LogP contribution in [-0.2, 0) is 4.79 Å². The molecule has 0 aliphatic rings. The highest BCUT2D eigenvalue weighted by atomic mass is 16.1. The van der Waals surface area contributed by atoms with Gasteiger partial charge in [-0.25, -0.2) is 4.98 Å². The van der Waals surface area contributed by atoms with Gasteiger partial charge in [0.15, 0.2) is 0 Å². The molecule has 0 saturated carbocycles. The molecule has 2 N–H and O–H groups in total. The number of fused-ring (bicyclic) bond motifs is 1. The summed E-state index contributed by atoms with van der Waals surface area (Å²) in [5.74, 6) is 0.577. The highest BCUT2D eigenvalue weighted by Crippen LogP contribution is 2.23. The zero-order chi connectivity index (χ0) is 16.1. The van der Waals surface area contributed by atoms with Crippen LogP contribution in [0, 0.1) is 25.2 Å². The number of nitriles is 1. The maximum absolute atomic E-state index is 11.2. The van der Waals surface area contributed by atoms with Gasteiger partial charge in [0.2, 0.25) is 5.91 Å². The molecule has 1 aromatic heterocycles. The van der Waals surface area contributed by atoms with E-state index in [1.54, 1.807) is 0 Å². The van der Waals surface area contributed by atoms with Crippen molar-refractivity contribution in [2.24, 2.45) is 0 Å². The Morgan fingerprint density at radius 3 is 2.73 bits per heavy atom. The summed E-state index contributed by atoms with van der Waals surface area (Å²) in [6.45, 7) is 6.89. The zero-order valence-electron chi connectivity index (χ0n) is 13.2. The molecular weight excluding hydrogens is 276 g/mol. The Morgan fingerprint density at radius 2 is 2.05 bits per heavy atom. The lowest BCUT2D eigenvalue weighted by Gasteiger charge is -2.11. The lowest BCUT2D eigenvalue weighted by atomic mass is 10.1. The predicted molar refractivity (Wildman–Crippen MR) is 87.7 cm³/mol. The number of rotatable bonds is 5. The molecule has 0 fully saturated rings. The van der Waals surface area contributed by atoms with Crippen LogP contribution in [0.2, 0.25) is 0 Å².